The van der Waals surface area contributed by atoms with Crippen molar-refractivity contribution in [2.45, 2.75) is 32.5 Å². The van der Waals surface area contributed by atoms with Crippen molar-refractivity contribution in [3.05, 3.63) is 39.6 Å². The zero-order valence-electron chi connectivity index (χ0n) is 13.6. The Morgan fingerprint density at radius 2 is 1.67 bits per heavy atom. The Bertz CT molecular complexity index is 712. The molecule has 130 valence electrons. The SMILES string of the molecule is CN(c1ccc(I)cc1)c1nc(OC(C)(C)C)ncc1C(F)(F)F. The summed E-state index contributed by atoms with van der Waals surface area (Å²) in [5.41, 5.74) is -0.940. The molecule has 0 amide bonds. The summed E-state index contributed by atoms with van der Waals surface area (Å²) in [5, 5.41) is 0. The van der Waals surface area contributed by atoms with E-state index in [1.165, 1.54) is 11.9 Å². The van der Waals surface area contributed by atoms with Crippen LogP contribution in [0.5, 0.6) is 6.01 Å². The number of alkyl halides is 3. The number of benzene rings is 1. The topological polar surface area (TPSA) is 38.2 Å². The summed E-state index contributed by atoms with van der Waals surface area (Å²) >= 11 is 2.13. The fourth-order valence-corrected chi connectivity index (χ4v) is 2.28. The predicted molar refractivity (Wildman–Crippen MR) is 94.6 cm³/mol. The van der Waals surface area contributed by atoms with E-state index < -0.39 is 17.3 Å². The molecule has 0 spiro atoms. The molecule has 0 saturated heterocycles. The number of hydrogen-bond donors (Lipinski definition) is 0. The zero-order chi connectivity index (χ0) is 18.1. The van der Waals surface area contributed by atoms with Crippen molar-refractivity contribution < 1.29 is 17.9 Å². The van der Waals surface area contributed by atoms with Crippen LogP contribution < -0.4 is 9.64 Å². The van der Waals surface area contributed by atoms with Gasteiger partial charge < -0.3 is 9.64 Å². The average molecular weight is 451 g/mol. The highest BCUT2D eigenvalue weighted by atomic mass is 127. The third-order valence-corrected chi connectivity index (χ3v) is 3.70. The Hall–Kier alpha value is -1.58. The van der Waals surface area contributed by atoms with Gasteiger partial charge in [-0.25, -0.2) is 4.98 Å². The van der Waals surface area contributed by atoms with Gasteiger partial charge in [-0.2, -0.15) is 18.2 Å². The number of rotatable bonds is 3. The molecule has 0 saturated carbocycles. The highest BCUT2D eigenvalue weighted by molar-refractivity contribution is 14.1. The van der Waals surface area contributed by atoms with Crippen LogP contribution in [0.4, 0.5) is 24.7 Å². The highest BCUT2D eigenvalue weighted by Crippen LogP contribution is 2.38. The summed E-state index contributed by atoms with van der Waals surface area (Å²) in [5.74, 6) is -0.252. The molecule has 0 N–H and O–H groups in total. The summed E-state index contributed by atoms with van der Waals surface area (Å²) in [6.07, 6.45) is -3.81. The van der Waals surface area contributed by atoms with Crippen LogP contribution in [0.15, 0.2) is 30.5 Å². The minimum absolute atomic E-state index is 0.0946. The maximum Gasteiger partial charge on any atom is 0.421 e. The van der Waals surface area contributed by atoms with Crippen molar-refractivity contribution in [1.29, 1.82) is 0 Å². The first-order valence-electron chi connectivity index (χ1n) is 7.10. The molecule has 0 aliphatic carbocycles. The zero-order valence-corrected chi connectivity index (χ0v) is 15.8. The van der Waals surface area contributed by atoms with Crippen LogP contribution >= 0.6 is 22.6 Å². The largest absolute Gasteiger partial charge is 0.458 e. The third kappa shape index (κ3) is 4.71. The lowest BCUT2D eigenvalue weighted by atomic mass is 10.2. The summed E-state index contributed by atoms with van der Waals surface area (Å²) in [4.78, 5) is 9.07. The monoisotopic (exact) mass is 451 g/mol. The minimum atomic E-state index is -4.56. The second-order valence-corrected chi connectivity index (χ2v) is 7.38. The van der Waals surface area contributed by atoms with Gasteiger partial charge in [0, 0.05) is 22.5 Å². The molecule has 0 aliphatic heterocycles. The molecular weight excluding hydrogens is 434 g/mol. The van der Waals surface area contributed by atoms with E-state index in [1.54, 1.807) is 32.9 Å². The van der Waals surface area contributed by atoms with Gasteiger partial charge in [-0.05, 0) is 67.6 Å². The summed E-state index contributed by atoms with van der Waals surface area (Å²) in [6, 6.07) is 6.99. The normalized spacial score (nSPS) is 12.2. The van der Waals surface area contributed by atoms with Crippen molar-refractivity contribution in [2.75, 3.05) is 11.9 Å². The number of hydrogen-bond acceptors (Lipinski definition) is 4. The maximum absolute atomic E-state index is 13.3. The van der Waals surface area contributed by atoms with Crippen molar-refractivity contribution in [2.24, 2.45) is 0 Å². The van der Waals surface area contributed by atoms with E-state index in [1.807, 2.05) is 12.1 Å². The molecule has 0 fully saturated rings. The Labute approximate surface area is 152 Å². The van der Waals surface area contributed by atoms with Gasteiger partial charge >= 0.3 is 12.2 Å². The number of anilines is 2. The molecular formula is C16H17F3IN3O. The minimum Gasteiger partial charge on any atom is -0.458 e. The summed E-state index contributed by atoms with van der Waals surface area (Å²) in [7, 11) is 1.53. The van der Waals surface area contributed by atoms with Crippen LogP contribution in [-0.2, 0) is 6.18 Å². The lowest BCUT2D eigenvalue weighted by molar-refractivity contribution is -0.137. The molecule has 0 aliphatic rings. The van der Waals surface area contributed by atoms with Crippen LogP contribution in [0.25, 0.3) is 0 Å². The first kappa shape index (κ1) is 18.8. The van der Waals surface area contributed by atoms with E-state index in [2.05, 4.69) is 32.6 Å². The molecule has 0 unspecified atom stereocenters. The molecule has 8 heteroatoms. The van der Waals surface area contributed by atoms with Gasteiger partial charge in [0.2, 0.25) is 0 Å². The van der Waals surface area contributed by atoms with Crippen LogP contribution in [0.1, 0.15) is 26.3 Å². The second-order valence-electron chi connectivity index (χ2n) is 6.14. The van der Waals surface area contributed by atoms with Gasteiger partial charge in [0.15, 0.2) is 5.82 Å². The second kappa shape index (κ2) is 6.73. The van der Waals surface area contributed by atoms with Gasteiger partial charge in [0.05, 0.1) is 0 Å². The summed E-state index contributed by atoms with van der Waals surface area (Å²) in [6.45, 7) is 5.32. The third-order valence-electron chi connectivity index (χ3n) is 2.98. The van der Waals surface area contributed by atoms with E-state index >= 15 is 0 Å². The van der Waals surface area contributed by atoms with E-state index in [-0.39, 0.29) is 11.8 Å². The quantitative estimate of drug-likeness (QED) is 0.613. The molecule has 4 nitrogen and oxygen atoms in total. The predicted octanol–water partition coefficient (Wildman–Crippen LogP) is 5.05. The van der Waals surface area contributed by atoms with Gasteiger partial charge in [-0.15, -0.1) is 0 Å². The Kier molecular flexibility index (Phi) is 5.26. The van der Waals surface area contributed by atoms with Gasteiger partial charge in [-0.1, -0.05) is 0 Å². The van der Waals surface area contributed by atoms with E-state index in [9.17, 15) is 13.2 Å². The van der Waals surface area contributed by atoms with E-state index in [0.29, 0.717) is 5.69 Å². The molecule has 0 atom stereocenters. The molecule has 2 aromatic rings. The number of halogens is 4. The number of ether oxygens (including phenoxy) is 1. The van der Waals surface area contributed by atoms with Gasteiger partial charge in [0.1, 0.15) is 11.2 Å². The van der Waals surface area contributed by atoms with Crippen LogP contribution in [-0.4, -0.2) is 22.6 Å². The lowest BCUT2D eigenvalue weighted by Crippen LogP contribution is -2.26. The fourth-order valence-electron chi connectivity index (χ4n) is 1.92. The van der Waals surface area contributed by atoms with Gasteiger partial charge in [0.25, 0.3) is 0 Å². The van der Waals surface area contributed by atoms with Crippen LogP contribution in [0, 0.1) is 3.57 Å². The average Bonchev–Trinajstić information content (AvgIpc) is 2.44. The molecule has 0 radical (unpaired) electrons. The Morgan fingerprint density at radius 1 is 1.08 bits per heavy atom. The molecule has 1 aromatic heterocycles. The maximum atomic E-state index is 13.3. The number of aromatic nitrogens is 2. The van der Waals surface area contributed by atoms with Gasteiger partial charge in [-0.3, -0.25) is 0 Å². The van der Waals surface area contributed by atoms with E-state index in [4.69, 9.17) is 4.74 Å². The molecule has 24 heavy (non-hydrogen) atoms. The van der Waals surface area contributed by atoms with Crippen molar-refractivity contribution in [3.8, 4) is 6.01 Å². The molecule has 1 aromatic carbocycles. The van der Waals surface area contributed by atoms with Crippen molar-refractivity contribution in [3.63, 3.8) is 0 Å². The Balaban J connectivity index is 2.50. The molecule has 2 rings (SSSR count). The van der Waals surface area contributed by atoms with Crippen LogP contribution in [0.3, 0.4) is 0 Å². The first-order chi connectivity index (χ1) is 11.0. The van der Waals surface area contributed by atoms with Crippen LogP contribution in [0.2, 0.25) is 0 Å². The smallest absolute Gasteiger partial charge is 0.421 e. The highest BCUT2D eigenvalue weighted by Gasteiger charge is 2.37. The first-order valence-corrected chi connectivity index (χ1v) is 8.18. The number of nitrogens with zero attached hydrogens (tertiary/aromatic N) is 3. The standard InChI is InChI=1S/C16H17F3IN3O/c1-15(2,3)24-14-21-9-12(16(17,18)19)13(22-14)23(4)11-7-5-10(20)6-8-11/h5-9H,1-4H3. The van der Waals surface area contributed by atoms with Crippen molar-refractivity contribution >= 4 is 34.1 Å². The summed E-state index contributed by atoms with van der Waals surface area (Å²) < 4.78 is 46.4. The Morgan fingerprint density at radius 3 is 2.17 bits per heavy atom. The van der Waals surface area contributed by atoms with Crippen molar-refractivity contribution in [1.82, 2.24) is 9.97 Å². The molecule has 0 bridgehead atoms. The van der Waals surface area contributed by atoms with E-state index in [0.717, 1.165) is 9.77 Å². The lowest BCUT2D eigenvalue weighted by Gasteiger charge is -2.24. The fraction of sp³-hybridized carbons (Fsp3) is 0.375. The molecule has 1 heterocycles.